The smallest absolute Gasteiger partial charge is 0.322 e. The quantitative estimate of drug-likeness (QED) is 0.403. The molecule has 1 unspecified atom stereocenters. The molecule has 0 rings (SSSR count). The number of carbonyl (C=O) groups excluding carboxylic acids is 2. The minimum absolute atomic E-state index is 0.135. The topological polar surface area (TPSA) is 85.1 Å². The number of ether oxygens (including phenoxy) is 2. The second kappa shape index (κ2) is 12.4. The van der Waals surface area contributed by atoms with Crippen molar-refractivity contribution in [2.24, 2.45) is 5.73 Å². The molecule has 1 atom stereocenters. The van der Waals surface area contributed by atoms with Crippen LogP contribution in [-0.4, -0.2) is 82.3 Å². The fourth-order valence-corrected chi connectivity index (χ4v) is 1.69. The van der Waals surface area contributed by atoms with Crippen molar-refractivity contribution in [3.8, 4) is 0 Å². The fraction of sp³-hybridized carbons (Fsp3) is 0.867. The summed E-state index contributed by atoms with van der Waals surface area (Å²) in [7, 11) is 7.84. The third-order valence-electron chi connectivity index (χ3n) is 2.97. The average Bonchev–Trinajstić information content (AvgIpc) is 2.44. The van der Waals surface area contributed by atoms with E-state index in [-0.39, 0.29) is 18.8 Å². The van der Waals surface area contributed by atoms with Gasteiger partial charge in [0.15, 0.2) is 0 Å². The van der Waals surface area contributed by atoms with E-state index < -0.39 is 12.0 Å². The molecule has 0 aromatic carbocycles. The van der Waals surface area contributed by atoms with Crippen LogP contribution in [0.5, 0.6) is 0 Å². The Morgan fingerprint density at radius 3 is 1.95 bits per heavy atom. The summed E-state index contributed by atoms with van der Waals surface area (Å²) in [5, 5.41) is 0. The highest BCUT2D eigenvalue weighted by Gasteiger charge is 2.17. The minimum atomic E-state index is -0.770. The van der Waals surface area contributed by atoms with E-state index in [9.17, 15) is 9.59 Å². The summed E-state index contributed by atoms with van der Waals surface area (Å²) in [5.74, 6) is -0.784. The molecule has 0 aromatic rings. The Morgan fingerprint density at radius 2 is 1.45 bits per heavy atom. The van der Waals surface area contributed by atoms with Crippen LogP contribution in [0.1, 0.15) is 25.7 Å². The number of hydrogen-bond acceptors (Lipinski definition) is 7. The Kier molecular flexibility index (Phi) is 11.7. The first-order valence-electron chi connectivity index (χ1n) is 7.70. The van der Waals surface area contributed by atoms with Crippen molar-refractivity contribution in [3.63, 3.8) is 0 Å². The molecule has 22 heavy (non-hydrogen) atoms. The summed E-state index contributed by atoms with van der Waals surface area (Å²) in [6.45, 7) is 2.45. The molecule has 7 nitrogen and oxygen atoms in total. The molecule has 0 amide bonds. The van der Waals surface area contributed by atoms with Gasteiger partial charge in [-0.25, -0.2) is 0 Å². The van der Waals surface area contributed by atoms with E-state index in [1.165, 1.54) is 0 Å². The molecule has 0 aromatic heterocycles. The van der Waals surface area contributed by atoms with Gasteiger partial charge in [0.2, 0.25) is 0 Å². The molecular formula is C15H31N3O4. The molecular weight excluding hydrogens is 286 g/mol. The number of rotatable bonds is 12. The molecule has 0 radical (unpaired) electrons. The van der Waals surface area contributed by atoms with Crippen molar-refractivity contribution < 1.29 is 19.1 Å². The lowest BCUT2D eigenvalue weighted by Crippen LogP contribution is -2.33. The van der Waals surface area contributed by atoms with Gasteiger partial charge >= 0.3 is 11.9 Å². The number of nitrogens with zero attached hydrogens (tertiary/aromatic N) is 2. The van der Waals surface area contributed by atoms with E-state index in [2.05, 4.69) is 0 Å². The normalized spacial score (nSPS) is 12.5. The molecule has 0 saturated heterocycles. The molecule has 0 saturated carbocycles. The van der Waals surface area contributed by atoms with Crippen LogP contribution in [0.2, 0.25) is 0 Å². The van der Waals surface area contributed by atoms with Gasteiger partial charge < -0.3 is 25.0 Å². The van der Waals surface area contributed by atoms with Crippen molar-refractivity contribution >= 4 is 11.9 Å². The van der Waals surface area contributed by atoms with Crippen molar-refractivity contribution in [2.75, 3.05) is 54.5 Å². The van der Waals surface area contributed by atoms with Gasteiger partial charge in [0.05, 0.1) is 13.2 Å². The largest absolute Gasteiger partial charge is 0.466 e. The van der Waals surface area contributed by atoms with E-state index in [1.807, 2.05) is 38.0 Å². The fourth-order valence-electron chi connectivity index (χ4n) is 1.69. The maximum Gasteiger partial charge on any atom is 0.322 e. The highest BCUT2D eigenvalue weighted by atomic mass is 16.5. The summed E-state index contributed by atoms with van der Waals surface area (Å²) >= 11 is 0. The molecule has 0 aliphatic heterocycles. The zero-order valence-corrected chi connectivity index (χ0v) is 14.3. The van der Waals surface area contributed by atoms with Gasteiger partial charge in [-0.2, -0.15) is 0 Å². The van der Waals surface area contributed by atoms with Crippen molar-refractivity contribution in [3.05, 3.63) is 0 Å². The van der Waals surface area contributed by atoms with Crippen LogP contribution in [-0.2, 0) is 19.1 Å². The van der Waals surface area contributed by atoms with E-state index in [0.29, 0.717) is 13.2 Å². The Bertz CT molecular complexity index is 322. The van der Waals surface area contributed by atoms with Crippen LogP contribution in [0.25, 0.3) is 0 Å². The summed E-state index contributed by atoms with van der Waals surface area (Å²) in [6.07, 6.45) is 1.94. The van der Waals surface area contributed by atoms with E-state index in [1.54, 1.807) is 0 Å². The summed E-state index contributed by atoms with van der Waals surface area (Å²) < 4.78 is 10.1. The van der Waals surface area contributed by atoms with Crippen LogP contribution < -0.4 is 5.73 Å². The van der Waals surface area contributed by atoms with Gasteiger partial charge in [-0.05, 0) is 47.5 Å². The Labute approximate surface area is 133 Å². The minimum Gasteiger partial charge on any atom is -0.466 e. The van der Waals surface area contributed by atoms with Gasteiger partial charge in [0.1, 0.15) is 6.04 Å². The van der Waals surface area contributed by atoms with Crippen LogP contribution in [0.3, 0.4) is 0 Å². The van der Waals surface area contributed by atoms with Crippen molar-refractivity contribution in [1.82, 2.24) is 9.80 Å². The van der Waals surface area contributed by atoms with Crippen molar-refractivity contribution in [1.29, 1.82) is 0 Å². The lowest BCUT2D eigenvalue weighted by molar-refractivity contribution is -0.146. The average molecular weight is 317 g/mol. The van der Waals surface area contributed by atoms with Crippen LogP contribution in [0.4, 0.5) is 0 Å². The van der Waals surface area contributed by atoms with Crippen LogP contribution >= 0.6 is 0 Å². The SMILES string of the molecule is CN(C)CCCOC(=O)CCC(N)C(=O)OCCCN(C)C. The van der Waals surface area contributed by atoms with Crippen molar-refractivity contribution in [2.45, 2.75) is 31.7 Å². The van der Waals surface area contributed by atoms with E-state index in [4.69, 9.17) is 15.2 Å². The van der Waals surface area contributed by atoms with Gasteiger partial charge in [-0.1, -0.05) is 0 Å². The highest BCUT2D eigenvalue weighted by molar-refractivity contribution is 5.77. The molecule has 2 N–H and O–H groups in total. The maximum absolute atomic E-state index is 11.6. The predicted octanol–water partition coefficient (Wildman–Crippen LogP) is 0.0837. The Morgan fingerprint density at radius 1 is 0.955 bits per heavy atom. The van der Waals surface area contributed by atoms with Gasteiger partial charge in [0.25, 0.3) is 0 Å². The third kappa shape index (κ3) is 12.6. The molecule has 0 aliphatic rings. The zero-order chi connectivity index (χ0) is 17.0. The standard InChI is InChI=1S/C15H31N3O4/c1-17(2)9-5-11-21-14(19)8-7-13(16)15(20)22-12-6-10-18(3)4/h13H,5-12,16H2,1-4H3. The number of hydrogen-bond donors (Lipinski definition) is 1. The van der Waals surface area contributed by atoms with Gasteiger partial charge in [-0.15, -0.1) is 0 Å². The molecule has 0 aliphatic carbocycles. The van der Waals surface area contributed by atoms with Crippen LogP contribution in [0.15, 0.2) is 0 Å². The monoisotopic (exact) mass is 317 g/mol. The van der Waals surface area contributed by atoms with E-state index >= 15 is 0 Å². The second-order valence-corrected chi connectivity index (χ2v) is 5.85. The first kappa shape index (κ1) is 20.8. The van der Waals surface area contributed by atoms with Gasteiger partial charge in [0, 0.05) is 19.5 Å². The van der Waals surface area contributed by atoms with E-state index in [0.717, 1.165) is 25.9 Å². The predicted molar refractivity (Wildman–Crippen MR) is 85.5 cm³/mol. The molecule has 0 heterocycles. The zero-order valence-electron chi connectivity index (χ0n) is 14.3. The number of esters is 2. The first-order valence-corrected chi connectivity index (χ1v) is 7.70. The lowest BCUT2D eigenvalue weighted by Gasteiger charge is -2.13. The summed E-state index contributed by atoms with van der Waals surface area (Å²) in [5.41, 5.74) is 5.70. The number of nitrogens with two attached hydrogens (primary N) is 1. The molecule has 0 fully saturated rings. The van der Waals surface area contributed by atoms with Gasteiger partial charge in [-0.3, -0.25) is 9.59 Å². The summed E-state index contributed by atoms with van der Waals surface area (Å²) in [4.78, 5) is 27.2. The molecule has 0 spiro atoms. The first-order chi connectivity index (χ1) is 10.3. The highest BCUT2D eigenvalue weighted by Crippen LogP contribution is 2.01. The lowest BCUT2D eigenvalue weighted by atomic mass is 10.2. The maximum atomic E-state index is 11.6. The van der Waals surface area contributed by atoms with Crippen LogP contribution in [0, 0.1) is 0 Å². The Hall–Kier alpha value is -1.18. The second-order valence-electron chi connectivity index (χ2n) is 5.85. The molecule has 0 bridgehead atoms. The third-order valence-corrected chi connectivity index (χ3v) is 2.97. The number of carbonyl (C=O) groups is 2. The Balaban J connectivity index is 3.66. The molecule has 130 valence electrons. The molecule has 7 heteroatoms. The summed E-state index contributed by atoms with van der Waals surface area (Å²) in [6, 6.07) is -0.770.